The Hall–Kier alpha value is -1.63. The van der Waals surface area contributed by atoms with Gasteiger partial charge in [-0.25, -0.2) is 4.98 Å². The fraction of sp³-hybridized carbons (Fsp3) is 0.529. The van der Waals surface area contributed by atoms with Gasteiger partial charge in [0.15, 0.2) is 0 Å². The van der Waals surface area contributed by atoms with E-state index in [4.69, 9.17) is 11.6 Å². The first kappa shape index (κ1) is 17.2. The van der Waals surface area contributed by atoms with Crippen LogP contribution in [0, 0.1) is 0 Å². The maximum absolute atomic E-state index is 11.8. The van der Waals surface area contributed by atoms with Crippen molar-refractivity contribution >= 4 is 23.2 Å². The molecule has 1 aliphatic heterocycles. The van der Waals surface area contributed by atoms with Crippen LogP contribution in [-0.4, -0.2) is 64.4 Å². The van der Waals surface area contributed by atoms with Gasteiger partial charge in [0.05, 0.1) is 17.3 Å². The van der Waals surface area contributed by atoms with E-state index < -0.39 is 0 Å². The quantitative estimate of drug-likeness (QED) is 0.861. The largest absolute Gasteiger partial charge is 0.355 e. The van der Waals surface area contributed by atoms with E-state index in [1.807, 2.05) is 28.9 Å². The van der Waals surface area contributed by atoms with E-state index in [0.29, 0.717) is 11.6 Å². The van der Waals surface area contributed by atoms with Gasteiger partial charge in [-0.3, -0.25) is 14.6 Å². The fourth-order valence-electron chi connectivity index (χ4n) is 2.95. The first-order chi connectivity index (χ1) is 11.6. The Morgan fingerprint density at radius 1 is 1.21 bits per heavy atom. The second-order valence-corrected chi connectivity index (χ2v) is 6.68. The van der Waals surface area contributed by atoms with Crippen molar-refractivity contribution in [3.63, 3.8) is 0 Å². The number of halogens is 1. The minimum Gasteiger partial charge on any atom is -0.355 e. The molecule has 0 saturated carbocycles. The predicted molar refractivity (Wildman–Crippen MR) is 95.2 cm³/mol. The van der Waals surface area contributed by atoms with E-state index in [0.717, 1.165) is 57.0 Å². The van der Waals surface area contributed by atoms with Gasteiger partial charge < -0.3 is 9.72 Å². The number of imidazole rings is 1. The molecule has 6 nitrogen and oxygen atoms in total. The minimum atomic E-state index is 0.127. The molecule has 7 heteroatoms. The molecular formula is C17H24ClN5O. The highest BCUT2D eigenvalue weighted by atomic mass is 35.5. The van der Waals surface area contributed by atoms with Gasteiger partial charge in [-0.2, -0.15) is 0 Å². The van der Waals surface area contributed by atoms with Crippen LogP contribution >= 0.6 is 11.6 Å². The summed E-state index contributed by atoms with van der Waals surface area (Å²) in [6.07, 6.45) is 4.88. The predicted octanol–water partition coefficient (Wildman–Crippen LogP) is 1.63. The van der Waals surface area contributed by atoms with Gasteiger partial charge in [0.25, 0.3) is 0 Å². The number of piperazine rings is 1. The molecule has 2 aromatic rings. The minimum absolute atomic E-state index is 0.127. The molecule has 0 atom stereocenters. The second-order valence-electron chi connectivity index (χ2n) is 6.25. The molecule has 0 aromatic carbocycles. The third-order valence-corrected chi connectivity index (χ3v) is 4.48. The molecule has 1 N–H and O–H groups in total. The average molecular weight is 350 g/mol. The molecule has 0 bridgehead atoms. The highest BCUT2D eigenvalue weighted by Crippen LogP contribution is 2.13. The van der Waals surface area contributed by atoms with Crippen LogP contribution in [0.2, 0.25) is 5.02 Å². The summed E-state index contributed by atoms with van der Waals surface area (Å²) in [6.45, 7) is 7.89. The van der Waals surface area contributed by atoms with Crippen molar-refractivity contribution in [3.05, 3.63) is 35.2 Å². The third-order valence-electron chi connectivity index (χ3n) is 4.25. The van der Waals surface area contributed by atoms with Crippen LogP contribution in [0.15, 0.2) is 24.5 Å². The summed E-state index contributed by atoms with van der Waals surface area (Å²) in [4.78, 5) is 21.0. The van der Waals surface area contributed by atoms with Crippen LogP contribution in [0.3, 0.4) is 0 Å². The lowest BCUT2D eigenvalue weighted by Gasteiger charge is -2.33. The molecule has 3 rings (SSSR count). The number of carbonyl (C=O) groups is 1. The van der Waals surface area contributed by atoms with E-state index in [-0.39, 0.29) is 5.91 Å². The lowest BCUT2D eigenvalue weighted by atomic mass is 10.3. The molecular weight excluding hydrogens is 326 g/mol. The van der Waals surface area contributed by atoms with Gasteiger partial charge in [0, 0.05) is 51.7 Å². The highest BCUT2D eigenvalue weighted by Gasteiger charge is 2.19. The summed E-state index contributed by atoms with van der Waals surface area (Å²) in [5, 5.41) is 3.64. The van der Waals surface area contributed by atoms with Crippen LogP contribution in [0.25, 0.3) is 5.65 Å². The number of amides is 1. The number of aromatic nitrogens is 2. The second kappa shape index (κ2) is 7.96. The molecule has 1 aliphatic rings. The Kier molecular flexibility index (Phi) is 5.71. The lowest BCUT2D eigenvalue weighted by molar-refractivity contribution is -0.122. The fourth-order valence-corrected chi connectivity index (χ4v) is 3.12. The molecule has 130 valence electrons. The number of hydrogen-bond donors (Lipinski definition) is 1. The monoisotopic (exact) mass is 349 g/mol. The van der Waals surface area contributed by atoms with Crippen LogP contribution in [0.5, 0.6) is 0 Å². The standard InChI is InChI=1S/C17H24ClN5O/c1-2-5-19-17(24)13-22-8-6-21(7-9-22)11-15-12-23-10-14(18)3-4-16(23)20-15/h3-4,10,12H,2,5-9,11,13H2,1H3,(H,19,24). The van der Waals surface area contributed by atoms with Gasteiger partial charge in [0.2, 0.25) is 5.91 Å². The van der Waals surface area contributed by atoms with E-state index in [9.17, 15) is 4.79 Å². The van der Waals surface area contributed by atoms with Crippen molar-refractivity contribution in [1.29, 1.82) is 0 Å². The maximum atomic E-state index is 11.8. The molecule has 24 heavy (non-hydrogen) atoms. The third kappa shape index (κ3) is 4.47. The Labute approximate surface area is 147 Å². The lowest BCUT2D eigenvalue weighted by Crippen LogP contribution is -2.49. The molecule has 0 radical (unpaired) electrons. The molecule has 0 unspecified atom stereocenters. The molecule has 3 heterocycles. The molecule has 1 fully saturated rings. The molecule has 0 spiro atoms. The topological polar surface area (TPSA) is 52.9 Å². The van der Waals surface area contributed by atoms with Crippen molar-refractivity contribution in [3.8, 4) is 0 Å². The Morgan fingerprint density at radius 2 is 1.96 bits per heavy atom. The zero-order valence-electron chi connectivity index (χ0n) is 14.0. The van der Waals surface area contributed by atoms with Crippen molar-refractivity contribution in [2.75, 3.05) is 39.3 Å². The van der Waals surface area contributed by atoms with Gasteiger partial charge in [-0.15, -0.1) is 0 Å². The summed E-state index contributed by atoms with van der Waals surface area (Å²) in [5.41, 5.74) is 1.96. The summed E-state index contributed by atoms with van der Waals surface area (Å²) in [7, 11) is 0. The van der Waals surface area contributed by atoms with Crippen LogP contribution in [0.1, 0.15) is 19.0 Å². The van der Waals surface area contributed by atoms with Crippen molar-refractivity contribution < 1.29 is 4.79 Å². The first-order valence-electron chi connectivity index (χ1n) is 8.48. The molecule has 1 amide bonds. The van der Waals surface area contributed by atoms with Crippen LogP contribution < -0.4 is 5.32 Å². The van der Waals surface area contributed by atoms with Gasteiger partial charge in [-0.1, -0.05) is 18.5 Å². The first-order valence-corrected chi connectivity index (χ1v) is 8.86. The van der Waals surface area contributed by atoms with Gasteiger partial charge in [0.1, 0.15) is 5.65 Å². The molecule has 2 aromatic heterocycles. The van der Waals surface area contributed by atoms with Gasteiger partial charge in [-0.05, 0) is 18.6 Å². The molecule has 0 aliphatic carbocycles. The average Bonchev–Trinajstić information content (AvgIpc) is 2.96. The number of hydrogen-bond acceptors (Lipinski definition) is 4. The maximum Gasteiger partial charge on any atom is 0.234 e. The summed E-state index contributed by atoms with van der Waals surface area (Å²) >= 11 is 6.01. The van der Waals surface area contributed by atoms with Crippen molar-refractivity contribution in [2.45, 2.75) is 19.9 Å². The summed E-state index contributed by atoms with van der Waals surface area (Å²) in [6, 6.07) is 3.79. The Morgan fingerprint density at radius 3 is 2.71 bits per heavy atom. The normalized spacial score (nSPS) is 16.6. The zero-order valence-corrected chi connectivity index (χ0v) is 14.8. The number of pyridine rings is 1. The number of carbonyl (C=O) groups excluding carboxylic acids is 1. The van der Waals surface area contributed by atoms with E-state index in [1.165, 1.54) is 0 Å². The highest BCUT2D eigenvalue weighted by molar-refractivity contribution is 6.30. The summed E-state index contributed by atoms with van der Waals surface area (Å²) < 4.78 is 1.96. The smallest absolute Gasteiger partial charge is 0.234 e. The Balaban J connectivity index is 1.48. The van der Waals surface area contributed by atoms with E-state index >= 15 is 0 Å². The summed E-state index contributed by atoms with van der Waals surface area (Å²) in [5.74, 6) is 0.127. The number of nitrogens with zero attached hydrogens (tertiary/aromatic N) is 4. The van der Waals surface area contributed by atoms with E-state index in [1.54, 1.807) is 0 Å². The van der Waals surface area contributed by atoms with E-state index in [2.05, 4.69) is 27.0 Å². The Bertz CT molecular complexity index is 693. The van der Waals surface area contributed by atoms with Crippen LogP contribution in [0.4, 0.5) is 0 Å². The SMILES string of the molecule is CCCNC(=O)CN1CCN(Cc2cn3cc(Cl)ccc3n2)CC1. The van der Waals surface area contributed by atoms with Crippen molar-refractivity contribution in [1.82, 2.24) is 24.5 Å². The van der Waals surface area contributed by atoms with Crippen LogP contribution in [-0.2, 0) is 11.3 Å². The van der Waals surface area contributed by atoms with Crippen molar-refractivity contribution in [2.24, 2.45) is 0 Å². The number of nitrogens with one attached hydrogen (secondary N) is 1. The number of rotatable bonds is 6. The molecule has 1 saturated heterocycles. The van der Waals surface area contributed by atoms with Gasteiger partial charge >= 0.3 is 0 Å². The zero-order chi connectivity index (χ0) is 16.9. The number of fused-ring (bicyclic) bond motifs is 1.